The zero-order valence-corrected chi connectivity index (χ0v) is 25.0. The minimum atomic E-state index is -0.351. The second-order valence-corrected chi connectivity index (χ2v) is 12.1. The van der Waals surface area contributed by atoms with E-state index >= 15 is 0 Å². The van der Waals surface area contributed by atoms with Crippen molar-refractivity contribution in [2.24, 2.45) is 11.8 Å². The van der Waals surface area contributed by atoms with E-state index in [-0.39, 0.29) is 18.1 Å². The number of amides is 2. The highest BCUT2D eigenvalue weighted by molar-refractivity contribution is 6.07. The van der Waals surface area contributed by atoms with Gasteiger partial charge in [-0.1, -0.05) is 18.2 Å². The van der Waals surface area contributed by atoms with Crippen LogP contribution in [0.3, 0.4) is 0 Å². The number of anilines is 1. The van der Waals surface area contributed by atoms with Crippen molar-refractivity contribution >= 4 is 28.7 Å². The summed E-state index contributed by atoms with van der Waals surface area (Å²) in [5.74, 6) is 1.74. The van der Waals surface area contributed by atoms with Crippen LogP contribution in [0.15, 0.2) is 48.7 Å². The van der Waals surface area contributed by atoms with Crippen LogP contribution in [0.25, 0.3) is 22.2 Å². The number of piperazine rings is 1. The molecule has 1 aromatic carbocycles. The fourth-order valence-electron chi connectivity index (χ4n) is 6.27. The van der Waals surface area contributed by atoms with Gasteiger partial charge in [0.05, 0.1) is 30.0 Å². The number of fused-ring (bicyclic) bond motifs is 1. The number of pyridine rings is 2. The number of rotatable bonds is 8. The van der Waals surface area contributed by atoms with Crippen molar-refractivity contribution in [1.82, 2.24) is 25.5 Å². The Morgan fingerprint density at radius 2 is 1.70 bits per heavy atom. The number of ether oxygens (including phenoxy) is 2. The van der Waals surface area contributed by atoms with Gasteiger partial charge in [0.1, 0.15) is 11.9 Å². The number of nitrogens with one attached hydrogen (secondary N) is 2. The molecule has 43 heavy (non-hydrogen) atoms. The smallest absolute Gasteiger partial charge is 0.407 e. The first kappa shape index (κ1) is 29.3. The summed E-state index contributed by atoms with van der Waals surface area (Å²) in [7, 11) is 2.15. The number of hydrogen-bond acceptors (Lipinski definition) is 8. The lowest BCUT2D eigenvalue weighted by atomic mass is 9.82. The van der Waals surface area contributed by atoms with Crippen molar-refractivity contribution in [3.63, 3.8) is 0 Å². The molecule has 0 bridgehead atoms. The van der Waals surface area contributed by atoms with E-state index in [1.165, 1.54) is 0 Å². The van der Waals surface area contributed by atoms with E-state index < -0.39 is 0 Å². The third-order valence-electron chi connectivity index (χ3n) is 9.05. The molecule has 1 aliphatic carbocycles. The summed E-state index contributed by atoms with van der Waals surface area (Å²) in [6.45, 7) is 6.39. The van der Waals surface area contributed by atoms with E-state index in [1.54, 1.807) is 0 Å². The lowest BCUT2D eigenvalue weighted by Gasteiger charge is -2.33. The van der Waals surface area contributed by atoms with Gasteiger partial charge in [-0.05, 0) is 68.8 Å². The van der Waals surface area contributed by atoms with Gasteiger partial charge in [0.15, 0.2) is 0 Å². The molecule has 2 amide bonds. The number of alkyl carbamates (subject to hydrolysis) is 1. The van der Waals surface area contributed by atoms with Crippen molar-refractivity contribution in [1.29, 1.82) is 0 Å². The Hall–Kier alpha value is -3.76. The summed E-state index contributed by atoms with van der Waals surface area (Å²) >= 11 is 0. The molecule has 0 radical (unpaired) electrons. The van der Waals surface area contributed by atoms with Crippen LogP contribution in [0.1, 0.15) is 42.5 Å². The first-order chi connectivity index (χ1) is 21.0. The number of benzene rings is 1. The number of hydrogen-bond donors (Lipinski definition) is 2. The van der Waals surface area contributed by atoms with Crippen LogP contribution in [-0.4, -0.2) is 92.5 Å². The van der Waals surface area contributed by atoms with E-state index in [0.29, 0.717) is 43.7 Å². The maximum atomic E-state index is 13.5. The van der Waals surface area contributed by atoms with Crippen LogP contribution in [0, 0.1) is 11.8 Å². The van der Waals surface area contributed by atoms with Crippen LogP contribution >= 0.6 is 0 Å². The van der Waals surface area contributed by atoms with E-state index in [0.717, 1.165) is 86.3 Å². The van der Waals surface area contributed by atoms with E-state index in [1.807, 2.05) is 36.5 Å². The summed E-state index contributed by atoms with van der Waals surface area (Å²) in [6, 6.07) is 13.8. The van der Waals surface area contributed by atoms with Gasteiger partial charge >= 0.3 is 6.09 Å². The van der Waals surface area contributed by atoms with Crippen LogP contribution in [0.4, 0.5) is 10.6 Å². The monoisotopic (exact) mass is 586 g/mol. The first-order valence-corrected chi connectivity index (χ1v) is 15.6. The predicted octanol–water partition coefficient (Wildman–Crippen LogP) is 4.10. The van der Waals surface area contributed by atoms with Gasteiger partial charge in [-0.3, -0.25) is 4.79 Å². The molecule has 228 valence electrons. The standard InChI is InChI=1S/C33H42N6O4/c1-38-13-15-39(16-14-38)31-11-10-25(21-34-31)30-18-28(27-4-2-3-5-29(27)37-30)32(40)35-19-23-6-8-24(9-7-23)20-36-33(41)43-26-12-17-42-22-26/h2-5,10-11,18,21,23-24,26H,6-9,12-17,19-20,22H2,1H3,(H,35,40)(H,36,41). The number of carbonyl (C=O) groups is 2. The van der Waals surface area contributed by atoms with Crippen molar-refractivity contribution in [2.45, 2.75) is 38.2 Å². The lowest BCUT2D eigenvalue weighted by Crippen LogP contribution is -2.44. The first-order valence-electron chi connectivity index (χ1n) is 15.6. The van der Waals surface area contributed by atoms with Gasteiger partial charge in [0, 0.05) is 62.8 Å². The number of carbonyl (C=O) groups excluding carboxylic acids is 2. The summed E-state index contributed by atoms with van der Waals surface area (Å²) in [5, 5.41) is 6.97. The molecule has 3 aliphatic rings. The average Bonchev–Trinajstić information content (AvgIpc) is 3.56. The van der Waals surface area contributed by atoms with Crippen LogP contribution in [0.5, 0.6) is 0 Å². The van der Waals surface area contributed by atoms with E-state index in [2.05, 4.69) is 39.6 Å². The molecule has 2 saturated heterocycles. The quantitative estimate of drug-likeness (QED) is 0.406. The normalized spacial score (nSPS) is 22.8. The van der Waals surface area contributed by atoms with Crippen LogP contribution in [0.2, 0.25) is 0 Å². The topological polar surface area (TPSA) is 109 Å². The van der Waals surface area contributed by atoms with Gasteiger partial charge in [0.25, 0.3) is 5.91 Å². The molecule has 4 heterocycles. The molecule has 3 aromatic rings. The number of aromatic nitrogens is 2. The molecule has 2 aliphatic heterocycles. The molecule has 6 rings (SSSR count). The SMILES string of the molecule is CN1CCN(c2ccc(-c3cc(C(=O)NCC4CCC(CNC(=O)OC5CCOC5)CC4)c4ccccc4n3)cn2)CC1. The molecule has 1 atom stereocenters. The molecule has 0 spiro atoms. The molecule has 3 fully saturated rings. The minimum absolute atomic E-state index is 0.0794. The van der Waals surface area contributed by atoms with E-state index in [4.69, 9.17) is 19.4 Å². The Labute approximate surface area is 253 Å². The van der Waals surface area contributed by atoms with Crippen LogP contribution < -0.4 is 15.5 Å². The van der Waals surface area contributed by atoms with Crippen LogP contribution in [-0.2, 0) is 9.47 Å². The van der Waals surface area contributed by atoms with Crippen molar-refractivity contribution < 1.29 is 19.1 Å². The maximum absolute atomic E-state index is 13.5. The molecular formula is C33H42N6O4. The van der Waals surface area contributed by atoms with Gasteiger partial charge in [-0.2, -0.15) is 0 Å². The third-order valence-corrected chi connectivity index (χ3v) is 9.05. The Morgan fingerprint density at radius 3 is 2.40 bits per heavy atom. The minimum Gasteiger partial charge on any atom is -0.444 e. The van der Waals surface area contributed by atoms with E-state index in [9.17, 15) is 9.59 Å². The number of likely N-dealkylation sites (N-methyl/N-ethyl adjacent to an activating group) is 1. The molecule has 10 nitrogen and oxygen atoms in total. The molecule has 2 aromatic heterocycles. The zero-order valence-electron chi connectivity index (χ0n) is 25.0. The Bertz CT molecular complexity index is 1390. The Kier molecular flexibility index (Phi) is 9.33. The number of nitrogens with zero attached hydrogens (tertiary/aromatic N) is 4. The van der Waals surface area contributed by atoms with Crippen molar-refractivity contribution in [3.8, 4) is 11.3 Å². The highest BCUT2D eigenvalue weighted by Gasteiger charge is 2.25. The molecule has 1 unspecified atom stereocenters. The summed E-state index contributed by atoms with van der Waals surface area (Å²) < 4.78 is 10.7. The van der Waals surface area contributed by atoms with Gasteiger partial charge in [-0.25, -0.2) is 14.8 Å². The highest BCUT2D eigenvalue weighted by Crippen LogP contribution is 2.29. The van der Waals surface area contributed by atoms with Crippen molar-refractivity contribution in [3.05, 3.63) is 54.2 Å². The lowest BCUT2D eigenvalue weighted by molar-refractivity contribution is 0.0813. The largest absolute Gasteiger partial charge is 0.444 e. The Balaban J connectivity index is 1.04. The molecule has 1 saturated carbocycles. The van der Waals surface area contributed by atoms with Gasteiger partial charge in [-0.15, -0.1) is 0 Å². The second-order valence-electron chi connectivity index (χ2n) is 12.1. The Morgan fingerprint density at radius 1 is 0.953 bits per heavy atom. The van der Waals surface area contributed by atoms with Gasteiger partial charge < -0.3 is 29.9 Å². The summed E-state index contributed by atoms with van der Waals surface area (Å²) in [5.41, 5.74) is 3.06. The maximum Gasteiger partial charge on any atom is 0.407 e. The van der Waals surface area contributed by atoms with Crippen molar-refractivity contribution in [2.75, 3.05) is 64.4 Å². The second kappa shape index (κ2) is 13.7. The fourth-order valence-corrected chi connectivity index (χ4v) is 6.27. The van der Waals surface area contributed by atoms with Gasteiger partial charge in [0.2, 0.25) is 0 Å². The highest BCUT2D eigenvalue weighted by atomic mass is 16.6. The molecular weight excluding hydrogens is 544 g/mol. The molecule has 2 N–H and O–H groups in total. The summed E-state index contributed by atoms with van der Waals surface area (Å²) in [6.07, 6.45) is 6.23. The fraction of sp³-hybridized carbons (Fsp3) is 0.515. The summed E-state index contributed by atoms with van der Waals surface area (Å²) in [4.78, 5) is 39.8. The predicted molar refractivity (Wildman–Crippen MR) is 166 cm³/mol. The third kappa shape index (κ3) is 7.43. The average molecular weight is 587 g/mol. The number of para-hydroxylation sites is 1. The molecule has 10 heteroatoms. The zero-order chi connectivity index (χ0) is 29.6.